The van der Waals surface area contributed by atoms with Gasteiger partial charge in [-0.05, 0) is 69.4 Å². The van der Waals surface area contributed by atoms with Gasteiger partial charge in [0, 0.05) is 49.2 Å². The van der Waals surface area contributed by atoms with Crippen molar-refractivity contribution in [3.8, 4) is 0 Å². The molecule has 0 bridgehead atoms. The summed E-state index contributed by atoms with van der Waals surface area (Å²) in [6.45, 7) is 4.65. The number of pyridine rings is 1. The van der Waals surface area contributed by atoms with Gasteiger partial charge in [0.15, 0.2) is 5.65 Å². The second-order valence-corrected chi connectivity index (χ2v) is 8.51. The van der Waals surface area contributed by atoms with E-state index in [1.165, 1.54) is 0 Å². The molecule has 0 saturated heterocycles. The summed E-state index contributed by atoms with van der Waals surface area (Å²) in [7, 11) is 3.93. The molecule has 10 nitrogen and oxygen atoms in total. The molecule has 10 heteroatoms. The quantitative estimate of drug-likeness (QED) is 0.514. The van der Waals surface area contributed by atoms with Crippen LogP contribution in [0.15, 0.2) is 48.7 Å². The molecule has 0 aliphatic carbocycles. The first-order valence-electron chi connectivity index (χ1n) is 11.7. The van der Waals surface area contributed by atoms with Crippen molar-refractivity contribution in [2.75, 3.05) is 52.2 Å². The number of aromatic nitrogens is 3. The average Bonchev–Trinajstić information content (AvgIpc) is 3.27. The van der Waals surface area contributed by atoms with E-state index < -0.39 is 0 Å². The monoisotopic (exact) mass is 477 g/mol. The van der Waals surface area contributed by atoms with Crippen LogP contribution >= 0.6 is 0 Å². The van der Waals surface area contributed by atoms with Gasteiger partial charge in [-0.1, -0.05) is 6.08 Å². The topological polar surface area (TPSA) is 104 Å². The number of hydrogen-bond acceptors (Lipinski definition) is 7. The first-order chi connectivity index (χ1) is 16.9. The Bertz CT molecular complexity index is 1220. The first kappa shape index (κ1) is 24.2. The molecule has 1 aromatic carbocycles. The van der Waals surface area contributed by atoms with Crippen molar-refractivity contribution < 1.29 is 14.3 Å². The number of anilines is 2. The molecule has 2 N–H and O–H groups in total. The lowest BCUT2D eigenvalue weighted by molar-refractivity contribution is 0.0950. The Balaban J connectivity index is 1.44. The molecule has 0 fully saturated rings. The minimum Gasteiger partial charge on any atom is -0.450 e. The molecule has 4 rings (SSSR count). The van der Waals surface area contributed by atoms with E-state index in [1.54, 1.807) is 28.5 Å². The highest BCUT2D eigenvalue weighted by atomic mass is 16.6. The van der Waals surface area contributed by atoms with Crippen LogP contribution in [-0.4, -0.2) is 83.3 Å². The van der Waals surface area contributed by atoms with Gasteiger partial charge in [-0.25, -0.2) is 9.31 Å². The van der Waals surface area contributed by atoms with Crippen molar-refractivity contribution in [3.63, 3.8) is 0 Å². The molecule has 1 aliphatic heterocycles. The van der Waals surface area contributed by atoms with Crippen LogP contribution in [0.25, 0.3) is 11.2 Å². The molecular weight excluding hydrogens is 446 g/mol. The summed E-state index contributed by atoms with van der Waals surface area (Å²) in [5, 5.41) is 10.7. The summed E-state index contributed by atoms with van der Waals surface area (Å²) < 4.78 is 6.84. The molecule has 0 spiro atoms. The molecular formula is C25H31N7O3. The SMILES string of the molecule is CCOC(=O)N1CC=C(c2cccn3nc(Nc4ccc(C(=O)NCCN(C)C)cc4)nc23)CC1. The largest absolute Gasteiger partial charge is 0.450 e. The highest BCUT2D eigenvalue weighted by Crippen LogP contribution is 2.26. The third kappa shape index (κ3) is 5.96. The Labute approximate surface area is 204 Å². The summed E-state index contributed by atoms with van der Waals surface area (Å²) in [6.07, 6.45) is 4.32. The van der Waals surface area contributed by atoms with E-state index in [0.29, 0.717) is 44.2 Å². The molecule has 35 heavy (non-hydrogen) atoms. The van der Waals surface area contributed by atoms with E-state index in [9.17, 15) is 9.59 Å². The maximum absolute atomic E-state index is 12.3. The smallest absolute Gasteiger partial charge is 0.410 e. The van der Waals surface area contributed by atoms with Crippen LogP contribution in [0.1, 0.15) is 29.3 Å². The lowest BCUT2D eigenvalue weighted by Gasteiger charge is -2.25. The zero-order valence-electron chi connectivity index (χ0n) is 20.3. The van der Waals surface area contributed by atoms with Crippen molar-refractivity contribution in [1.29, 1.82) is 0 Å². The third-order valence-electron chi connectivity index (χ3n) is 5.69. The lowest BCUT2D eigenvalue weighted by Crippen LogP contribution is -2.35. The summed E-state index contributed by atoms with van der Waals surface area (Å²) >= 11 is 0. The van der Waals surface area contributed by atoms with Gasteiger partial charge in [0.05, 0.1) is 6.61 Å². The molecule has 0 unspecified atom stereocenters. The average molecular weight is 478 g/mol. The normalized spacial score (nSPS) is 13.6. The summed E-state index contributed by atoms with van der Waals surface area (Å²) in [4.78, 5) is 32.7. The van der Waals surface area contributed by atoms with E-state index in [-0.39, 0.29) is 12.0 Å². The number of nitrogens with zero attached hydrogens (tertiary/aromatic N) is 5. The van der Waals surface area contributed by atoms with Crippen LogP contribution in [0.4, 0.5) is 16.4 Å². The highest BCUT2D eigenvalue weighted by Gasteiger charge is 2.20. The van der Waals surface area contributed by atoms with Gasteiger partial charge in [-0.15, -0.1) is 5.10 Å². The van der Waals surface area contributed by atoms with Crippen LogP contribution in [0.2, 0.25) is 0 Å². The standard InChI is InChI=1S/C25H31N7O3/c1-4-35-25(34)31-15-11-18(12-16-31)21-6-5-14-32-22(21)28-24(29-32)27-20-9-7-19(8-10-20)23(33)26-13-17-30(2)3/h5-11,14H,4,12-13,15-17H2,1-3H3,(H,26,33)(H,27,29). The van der Waals surface area contributed by atoms with Crippen molar-refractivity contribution >= 4 is 34.9 Å². The summed E-state index contributed by atoms with van der Waals surface area (Å²) in [5.41, 5.74) is 4.23. The zero-order chi connectivity index (χ0) is 24.8. The second kappa shape index (κ2) is 11.0. The van der Waals surface area contributed by atoms with Gasteiger partial charge >= 0.3 is 6.09 Å². The first-order valence-corrected chi connectivity index (χ1v) is 11.7. The zero-order valence-corrected chi connectivity index (χ0v) is 20.3. The van der Waals surface area contributed by atoms with Crippen LogP contribution in [-0.2, 0) is 4.74 Å². The number of carbonyl (C=O) groups is 2. The minimum atomic E-state index is -0.285. The van der Waals surface area contributed by atoms with Gasteiger partial charge < -0.3 is 25.2 Å². The maximum atomic E-state index is 12.3. The van der Waals surface area contributed by atoms with Crippen LogP contribution in [0.3, 0.4) is 0 Å². The number of hydrogen-bond donors (Lipinski definition) is 2. The fourth-order valence-corrected chi connectivity index (χ4v) is 3.83. The van der Waals surface area contributed by atoms with Gasteiger partial charge in [0.25, 0.3) is 5.91 Å². The van der Waals surface area contributed by atoms with Gasteiger partial charge in [-0.2, -0.15) is 4.98 Å². The maximum Gasteiger partial charge on any atom is 0.410 e. The van der Waals surface area contributed by atoms with Crippen molar-refractivity contribution in [1.82, 2.24) is 29.7 Å². The molecule has 2 amide bonds. The number of amides is 2. The van der Waals surface area contributed by atoms with Crippen molar-refractivity contribution in [2.45, 2.75) is 13.3 Å². The number of fused-ring (bicyclic) bond motifs is 1. The van der Waals surface area contributed by atoms with Crippen molar-refractivity contribution in [3.05, 3.63) is 59.8 Å². The minimum absolute atomic E-state index is 0.101. The number of likely N-dealkylation sites (N-methyl/N-ethyl adjacent to an activating group) is 1. The number of ether oxygens (including phenoxy) is 1. The highest BCUT2D eigenvalue weighted by molar-refractivity contribution is 5.94. The van der Waals surface area contributed by atoms with Gasteiger partial charge in [0.2, 0.25) is 5.95 Å². The summed E-state index contributed by atoms with van der Waals surface area (Å²) in [5.74, 6) is 0.362. The van der Waals surface area contributed by atoms with Gasteiger partial charge in [-0.3, -0.25) is 4.79 Å². The Morgan fingerprint density at radius 2 is 1.97 bits per heavy atom. The number of rotatable bonds is 8. The molecule has 3 heterocycles. The molecule has 0 saturated carbocycles. The van der Waals surface area contributed by atoms with Crippen LogP contribution in [0.5, 0.6) is 0 Å². The second-order valence-electron chi connectivity index (χ2n) is 8.51. The number of nitrogens with one attached hydrogen (secondary N) is 2. The van der Waals surface area contributed by atoms with E-state index in [2.05, 4.69) is 15.7 Å². The molecule has 1 aliphatic rings. The lowest BCUT2D eigenvalue weighted by atomic mass is 10.0. The van der Waals surface area contributed by atoms with Crippen LogP contribution in [0, 0.1) is 0 Å². The number of carbonyl (C=O) groups excluding carboxylic acids is 2. The van der Waals surface area contributed by atoms with Crippen molar-refractivity contribution in [2.24, 2.45) is 0 Å². The predicted octanol–water partition coefficient (Wildman–Crippen LogP) is 3.01. The summed E-state index contributed by atoms with van der Waals surface area (Å²) in [6, 6.07) is 11.2. The Hall–Kier alpha value is -3.92. The van der Waals surface area contributed by atoms with E-state index >= 15 is 0 Å². The van der Waals surface area contributed by atoms with E-state index in [1.807, 2.05) is 55.5 Å². The Morgan fingerprint density at radius 3 is 2.66 bits per heavy atom. The van der Waals surface area contributed by atoms with E-state index in [4.69, 9.17) is 9.72 Å². The molecule has 0 atom stereocenters. The van der Waals surface area contributed by atoms with E-state index in [0.717, 1.165) is 29.0 Å². The molecule has 0 radical (unpaired) electrons. The Morgan fingerprint density at radius 1 is 1.17 bits per heavy atom. The van der Waals surface area contributed by atoms with Crippen LogP contribution < -0.4 is 10.6 Å². The third-order valence-corrected chi connectivity index (χ3v) is 5.69. The number of benzene rings is 1. The molecule has 3 aromatic rings. The fourth-order valence-electron chi connectivity index (χ4n) is 3.83. The molecule has 184 valence electrons. The predicted molar refractivity (Wildman–Crippen MR) is 135 cm³/mol. The van der Waals surface area contributed by atoms with Gasteiger partial charge in [0.1, 0.15) is 0 Å². The molecule has 2 aromatic heterocycles. The Kier molecular flexibility index (Phi) is 7.61. The fraction of sp³-hybridized carbons (Fsp3) is 0.360.